The Balaban J connectivity index is 1.32. The van der Waals surface area contributed by atoms with Crippen LogP contribution >= 0.6 is 0 Å². The topological polar surface area (TPSA) is 147 Å². The van der Waals surface area contributed by atoms with Crippen LogP contribution in [0.5, 0.6) is 0 Å². The van der Waals surface area contributed by atoms with Gasteiger partial charge in [-0.25, -0.2) is 14.6 Å². The van der Waals surface area contributed by atoms with Crippen LogP contribution in [0.15, 0.2) is 35.2 Å². The molecule has 6 rings (SSSR count). The quantitative estimate of drug-likeness (QED) is 0.327. The summed E-state index contributed by atoms with van der Waals surface area (Å²) < 4.78 is 13.9. The van der Waals surface area contributed by atoms with Gasteiger partial charge in [0, 0.05) is 25.1 Å². The van der Waals surface area contributed by atoms with Gasteiger partial charge >= 0.3 is 0 Å². The first-order valence-corrected chi connectivity index (χ1v) is 12.9. The largest absolute Gasteiger partial charge is 0.383 e. The molecule has 2 aliphatic rings. The van der Waals surface area contributed by atoms with Gasteiger partial charge in [-0.2, -0.15) is 5.10 Å². The second-order valence-electron chi connectivity index (χ2n) is 9.67. The number of carbonyl (C=O) groups excluding carboxylic acids is 1. The van der Waals surface area contributed by atoms with Crippen LogP contribution in [0.3, 0.4) is 0 Å². The van der Waals surface area contributed by atoms with E-state index in [0.29, 0.717) is 53.7 Å². The maximum atomic E-state index is 11.5. The zero-order valence-electron chi connectivity index (χ0n) is 20.8. The molecule has 1 amide bonds. The molecule has 0 radical (unpaired) electrons. The third kappa shape index (κ3) is 4.55. The fraction of sp³-hybridized carbons (Fsp3) is 0.462. The third-order valence-corrected chi connectivity index (χ3v) is 7.13. The van der Waals surface area contributed by atoms with Crippen molar-refractivity contribution in [3.63, 3.8) is 0 Å². The number of nitrogen functional groups attached to an aromatic ring is 1. The molecule has 0 saturated heterocycles. The van der Waals surface area contributed by atoms with Crippen LogP contribution in [0.4, 0.5) is 5.82 Å². The van der Waals surface area contributed by atoms with E-state index >= 15 is 0 Å². The van der Waals surface area contributed by atoms with Gasteiger partial charge in [0.15, 0.2) is 5.65 Å². The lowest BCUT2D eigenvalue weighted by molar-refractivity contribution is -0.121. The Morgan fingerprint density at radius 3 is 2.86 bits per heavy atom. The number of rotatable bonds is 9. The van der Waals surface area contributed by atoms with E-state index in [-0.39, 0.29) is 18.1 Å². The van der Waals surface area contributed by atoms with Crippen molar-refractivity contribution in [3.8, 4) is 22.6 Å². The van der Waals surface area contributed by atoms with Crippen molar-refractivity contribution in [1.82, 2.24) is 35.2 Å². The Morgan fingerprint density at radius 1 is 1.19 bits per heavy atom. The van der Waals surface area contributed by atoms with Crippen LogP contribution in [0, 0.1) is 0 Å². The number of aromatic nitrogens is 6. The Kier molecular flexibility index (Phi) is 6.29. The van der Waals surface area contributed by atoms with Crippen molar-refractivity contribution in [2.75, 3.05) is 18.9 Å². The van der Waals surface area contributed by atoms with Gasteiger partial charge in [-0.15, -0.1) is 0 Å². The lowest BCUT2D eigenvalue weighted by atomic mass is 10.0. The summed E-state index contributed by atoms with van der Waals surface area (Å²) >= 11 is 0. The molecule has 0 bridgehead atoms. The van der Waals surface area contributed by atoms with Crippen molar-refractivity contribution in [2.24, 2.45) is 0 Å². The Hall–Kier alpha value is -3.86. The Labute approximate surface area is 213 Å². The maximum Gasteiger partial charge on any atom is 0.219 e. The third-order valence-electron chi connectivity index (χ3n) is 7.13. The standard InChI is InChI=1S/C26H30N8O3/c1-2-19(35)29-11-12-36-17-9-8-16(13-17)34-26-21(25(27)30-14-31-26)22(32-34)23-20(18-5-3-4-10-28-18)24(37-33-23)15-6-7-15/h3-5,10,14-17H,2,6-9,11-13H2,1H3,(H,29,35)(H2,27,30,31)/t16-,17+/m0/s1. The molecule has 2 aliphatic carbocycles. The minimum atomic E-state index is 0.0310. The van der Waals surface area contributed by atoms with Crippen molar-refractivity contribution < 1.29 is 14.1 Å². The number of anilines is 1. The highest BCUT2D eigenvalue weighted by molar-refractivity contribution is 6.00. The van der Waals surface area contributed by atoms with E-state index in [1.807, 2.05) is 29.8 Å². The first-order valence-electron chi connectivity index (χ1n) is 12.9. The highest BCUT2D eigenvalue weighted by atomic mass is 16.5. The lowest BCUT2D eigenvalue weighted by Crippen LogP contribution is -2.27. The summed E-state index contributed by atoms with van der Waals surface area (Å²) in [5.74, 6) is 1.57. The second kappa shape index (κ2) is 9.89. The van der Waals surface area contributed by atoms with Crippen LogP contribution in [0.1, 0.15) is 63.2 Å². The zero-order chi connectivity index (χ0) is 25.4. The average molecular weight is 503 g/mol. The van der Waals surface area contributed by atoms with E-state index < -0.39 is 0 Å². The summed E-state index contributed by atoms with van der Waals surface area (Å²) in [6.45, 7) is 2.83. The van der Waals surface area contributed by atoms with Gasteiger partial charge in [-0.3, -0.25) is 9.78 Å². The van der Waals surface area contributed by atoms with E-state index in [4.69, 9.17) is 20.1 Å². The fourth-order valence-corrected chi connectivity index (χ4v) is 5.09. The van der Waals surface area contributed by atoms with Gasteiger partial charge in [0.05, 0.1) is 35.4 Å². The number of hydrogen-bond acceptors (Lipinski definition) is 9. The van der Waals surface area contributed by atoms with E-state index in [1.54, 1.807) is 6.20 Å². The summed E-state index contributed by atoms with van der Waals surface area (Å²) in [6.07, 6.45) is 8.52. The molecule has 0 aliphatic heterocycles. The van der Waals surface area contributed by atoms with Gasteiger partial charge in [0.2, 0.25) is 5.91 Å². The molecule has 2 fully saturated rings. The number of amides is 1. The van der Waals surface area contributed by atoms with Gasteiger partial charge in [-0.1, -0.05) is 18.1 Å². The smallest absolute Gasteiger partial charge is 0.219 e. The van der Waals surface area contributed by atoms with Crippen LogP contribution in [-0.4, -0.2) is 55.1 Å². The number of carbonyl (C=O) groups is 1. The van der Waals surface area contributed by atoms with Crippen molar-refractivity contribution in [1.29, 1.82) is 0 Å². The second-order valence-corrected chi connectivity index (χ2v) is 9.67. The molecule has 11 heteroatoms. The maximum absolute atomic E-state index is 11.5. The molecule has 4 aromatic heterocycles. The number of ether oxygens (including phenoxy) is 1. The van der Waals surface area contributed by atoms with E-state index in [2.05, 4.69) is 25.4 Å². The first kappa shape index (κ1) is 23.5. The molecule has 192 valence electrons. The monoisotopic (exact) mass is 502 g/mol. The first-order chi connectivity index (χ1) is 18.1. The predicted molar refractivity (Wildman–Crippen MR) is 136 cm³/mol. The molecule has 0 spiro atoms. The Morgan fingerprint density at radius 2 is 2.08 bits per heavy atom. The normalized spacial score (nSPS) is 19.5. The van der Waals surface area contributed by atoms with Crippen molar-refractivity contribution >= 4 is 22.8 Å². The zero-order valence-corrected chi connectivity index (χ0v) is 20.8. The number of nitrogens with one attached hydrogen (secondary N) is 1. The Bertz CT molecular complexity index is 1410. The van der Waals surface area contributed by atoms with Crippen molar-refractivity contribution in [2.45, 2.75) is 63.5 Å². The summed E-state index contributed by atoms with van der Waals surface area (Å²) in [5, 5.41) is 13.0. The summed E-state index contributed by atoms with van der Waals surface area (Å²) in [4.78, 5) is 24.9. The SMILES string of the molecule is CCC(=O)NCCO[C@@H]1CC[C@H](n2nc(-c3noc(C4CC4)c3-c3ccccn3)c3c(N)ncnc32)C1. The fourth-order valence-electron chi connectivity index (χ4n) is 5.09. The molecule has 0 unspecified atom stereocenters. The molecule has 11 nitrogen and oxygen atoms in total. The van der Waals surface area contributed by atoms with Crippen LogP contribution in [0.25, 0.3) is 33.7 Å². The van der Waals surface area contributed by atoms with Crippen LogP contribution in [-0.2, 0) is 9.53 Å². The molecule has 4 aromatic rings. The number of nitrogens with two attached hydrogens (primary N) is 1. The van der Waals surface area contributed by atoms with Gasteiger partial charge < -0.3 is 20.3 Å². The number of pyridine rings is 1. The lowest BCUT2D eigenvalue weighted by Gasteiger charge is -2.14. The van der Waals surface area contributed by atoms with E-state index in [0.717, 1.165) is 49.1 Å². The number of hydrogen-bond donors (Lipinski definition) is 2. The molecule has 2 saturated carbocycles. The van der Waals surface area contributed by atoms with Gasteiger partial charge in [0.1, 0.15) is 29.3 Å². The molecular weight excluding hydrogens is 472 g/mol. The number of fused-ring (bicyclic) bond motifs is 1. The highest BCUT2D eigenvalue weighted by Crippen LogP contribution is 2.48. The molecule has 2 atom stereocenters. The van der Waals surface area contributed by atoms with Crippen LogP contribution in [0.2, 0.25) is 0 Å². The van der Waals surface area contributed by atoms with Crippen LogP contribution < -0.4 is 11.1 Å². The summed E-state index contributed by atoms with van der Waals surface area (Å²) in [7, 11) is 0. The predicted octanol–water partition coefficient (Wildman–Crippen LogP) is 3.64. The molecule has 4 heterocycles. The molecule has 37 heavy (non-hydrogen) atoms. The summed E-state index contributed by atoms with van der Waals surface area (Å²) in [6, 6.07) is 5.90. The summed E-state index contributed by atoms with van der Waals surface area (Å²) in [5.41, 5.74) is 9.93. The average Bonchev–Trinajstić information content (AvgIpc) is 3.32. The molecular formula is C26H30N8O3. The highest BCUT2D eigenvalue weighted by Gasteiger charge is 2.36. The van der Waals surface area contributed by atoms with Gasteiger partial charge in [0.25, 0.3) is 0 Å². The minimum Gasteiger partial charge on any atom is -0.383 e. The minimum absolute atomic E-state index is 0.0310. The van der Waals surface area contributed by atoms with Crippen molar-refractivity contribution in [3.05, 3.63) is 36.5 Å². The van der Waals surface area contributed by atoms with Gasteiger partial charge in [-0.05, 0) is 44.2 Å². The van der Waals surface area contributed by atoms with E-state index in [9.17, 15) is 4.79 Å². The van der Waals surface area contributed by atoms with E-state index in [1.165, 1.54) is 6.33 Å². The molecule has 0 aromatic carbocycles. The number of nitrogens with zero attached hydrogens (tertiary/aromatic N) is 6. The molecule has 3 N–H and O–H groups in total.